The molecule has 4 heterocycles. The minimum absolute atomic E-state index is 0.00210. The van der Waals surface area contributed by atoms with E-state index in [1.807, 2.05) is 17.0 Å². The molecule has 174 valence electrons. The molecule has 32 heavy (non-hydrogen) atoms. The number of carbonyl (C=O) groups excluding carboxylic acids is 2. The highest BCUT2D eigenvalue weighted by atomic mass is 19.1. The lowest BCUT2D eigenvalue weighted by Gasteiger charge is -2.40. The fourth-order valence-corrected chi connectivity index (χ4v) is 5.65. The molecule has 0 bridgehead atoms. The van der Waals surface area contributed by atoms with Crippen LogP contribution in [0, 0.1) is 11.2 Å². The Hall–Kier alpha value is -2.19. The molecule has 2 N–H and O–H groups in total. The van der Waals surface area contributed by atoms with Crippen molar-refractivity contribution in [2.45, 2.75) is 44.2 Å². The minimum Gasteiger partial charge on any atom is -0.369 e. The van der Waals surface area contributed by atoms with Gasteiger partial charge in [-0.25, -0.2) is 4.39 Å². The van der Waals surface area contributed by atoms with Crippen molar-refractivity contribution >= 4 is 17.5 Å². The van der Waals surface area contributed by atoms with Crippen molar-refractivity contribution in [2.24, 2.45) is 5.41 Å². The van der Waals surface area contributed by atoms with Crippen LogP contribution in [0.15, 0.2) is 24.3 Å². The standard InChI is InChI=1S/C24H34FN5O2/c25-18-1-3-20(4-2-18)29-15-13-28(14-16-29)10-6-19-17-24(23(32)27-19)7-11-30(12-8-24)22(31)21-5-9-26-21/h1-4,19,21,26H,5-17H2,(H,27,32)/t19-,21?/m0/s1. The summed E-state index contributed by atoms with van der Waals surface area (Å²) in [4.78, 5) is 32.0. The summed E-state index contributed by atoms with van der Waals surface area (Å²) in [5, 5.41) is 6.44. The molecule has 2 amide bonds. The van der Waals surface area contributed by atoms with Crippen LogP contribution in [0.5, 0.6) is 0 Å². The fourth-order valence-electron chi connectivity index (χ4n) is 5.65. The van der Waals surface area contributed by atoms with Gasteiger partial charge in [0.15, 0.2) is 0 Å². The Labute approximate surface area is 189 Å². The van der Waals surface area contributed by atoms with E-state index in [-0.39, 0.29) is 35.1 Å². The first kappa shape index (κ1) is 21.6. The Morgan fingerprint density at radius 1 is 1.06 bits per heavy atom. The van der Waals surface area contributed by atoms with E-state index in [1.165, 1.54) is 12.1 Å². The quantitative estimate of drug-likeness (QED) is 0.716. The van der Waals surface area contributed by atoms with Gasteiger partial charge < -0.3 is 20.4 Å². The number of anilines is 1. The number of nitrogens with one attached hydrogen (secondary N) is 2. The van der Waals surface area contributed by atoms with E-state index in [4.69, 9.17) is 0 Å². The SMILES string of the molecule is O=C(C1CCN1)N1CCC2(CC1)C[C@H](CCN1CCN(c3ccc(F)cc3)CC1)NC2=O. The summed E-state index contributed by atoms with van der Waals surface area (Å²) in [7, 11) is 0. The minimum atomic E-state index is -0.282. The van der Waals surface area contributed by atoms with Gasteiger partial charge in [0, 0.05) is 57.5 Å². The maximum Gasteiger partial charge on any atom is 0.239 e. The van der Waals surface area contributed by atoms with E-state index >= 15 is 0 Å². The van der Waals surface area contributed by atoms with Crippen molar-refractivity contribution < 1.29 is 14.0 Å². The number of piperidine rings is 1. The lowest BCUT2D eigenvalue weighted by molar-refractivity contribution is -0.141. The van der Waals surface area contributed by atoms with Crippen molar-refractivity contribution in [1.29, 1.82) is 0 Å². The van der Waals surface area contributed by atoms with E-state index in [0.29, 0.717) is 13.1 Å². The average Bonchev–Trinajstić information content (AvgIpc) is 3.07. The summed E-state index contributed by atoms with van der Waals surface area (Å²) in [5.74, 6) is 0.203. The first-order chi connectivity index (χ1) is 15.5. The van der Waals surface area contributed by atoms with Crippen molar-refractivity contribution in [1.82, 2.24) is 20.4 Å². The Bertz CT molecular complexity index is 827. The van der Waals surface area contributed by atoms with Gasteiger partial charge in [-0.1, -0.05) is 0 Å². The average molecular weight is 444 g/mol. The summed E-state index contributed by atoms with van der Waals surface area (Å²) < 4.78 is 13.2. The van der Waals surface area contributed by atoms with Crippen LogP contribution >= 0.6 is 0 Å². The molecule has 1 aromatic rings. The lowest BCUT2D eigenvalue weighted by Crippen LogP contribution is -2.57. The summed E-state index contributed by atoms with van der Waals surface area (Å²) >= 11 is 0. The van der Waals surface area contributed by atoms with Crippen LogP contribution in [0.2, 0.25) is 0 Å². The first-order valence-corrected chi connectivity index (χ1v) is 12.1. The second kappa shape index (κ2) is 8.98. The fraction of sp³-hybridized carbons (Fsp3) is 0.667. The molecular formula is C24H34FN5O2. The zero-order chi connectivity index (χ0) is 22.1. The van der Waals surface area contributed by atoms with E-state index in [2.05, 4.69) is 20.4 Å². The Balaban J connectivity index is 1.06. The summed E-state index contributed by atoms with van der Waals surface area (Å²) in [5.41, 5.74) is 0.796. The van der Waals surface area contributed by atoms with Crippen molar-refractivity contribution in [3.05, 3.63) is 30.1 Å². The van der Waals surface area contributed by atoms with Gasteiger partial charge in [-0.15, -0.1) is 0 Å². The number of carbonyl (C=O) groups is 2. The Morgan fingerprint density at radius 2 is 1.75 bits per heavy atom. The highest BCUT2D eigenvalue weighted by Gasteiger charge is 2.49. The largest absolute Gasteiger partial charge is 0.369 e. The number of halogens is 1. The van der Waals surface area contributed by atoms with Crippen LogP contribution in [0.25, 0.3) is 0 Å². The molecule has 1 aromatic carbocycles. The molecule has 0 aromatic heterocycles. The topological polar surface area (TPSA) is 67.9 Å². The summed E-state index contributed by atoms with van der Waals surface area (Å²) in [6.07, 6.45) is 4.36. The van der Waals surface area contributed by atoms with Gasteiger partial charge in [-0.05, 0) is 62.9 Å². The predicted octanol–water partition coefficient (Wildman–Crippen LogP) is 1.20. The molecule has 4 saturated heterocycles. The second-order valence-corrected chi connectivity index (χ2v) is 9.87. The molecule has 7 nitrogen and oxygen atoms in total. The van der Waals surface area contributed by atoms with Gasteiger partial charge in [0.05, 0.1) is 11.5 Å². The highest BCUT2D eigenvalue weighted by molar-refractivity contribution is 5.86. The van der Waals surface area contributed by atoms with Crippen LogP contribution in [0.1, 0.15) is 32.1 Å². The summed E-state index contributed by atoms with van der Waals surface area (Å²) in [6.45, 7) is 7.14. The van der Waals surface area contributed by atoms with Crippen LogP contribution in [0.3, 0.4) is 0 Å². The number of likely N-dealkylation sites (tertiary alicyclic amines) is 1. The number of rotatable bonds is 5. The molecule has 0 aliphatic carbocycles. The molecule has 1 spiro atoms. The van der Waals surface area contributed by atoms with Crippen molar-refractivity contribution in [2.75, 3.05) is 57.3 Å². The molecule has 4 aliphatic heterocycles. The van der Waals surface area contributed by atoms with Crippen molar-refractivity contribution in [3.8, 4) is 0 Å². The third-order valence-electron chi connectivity index (χ3n) is 7.97. The van der Waals surface area contributed by atoms with Gasteiger partial charge in [0.25, 0.3) is 0 Å². The van der Waals surface area contributed by atoms with Gasteiger partial charge in [0.1, 0.15) is 5.82 Å². The smallest absolute Gasteiger partial charge is 0.239 e. The number of hydrogen-bond acceptors (Lipinski definition) is 5. The molecule has 8 heteroatoms. The first-order valence-electron chi connectivity index (χ1n) is 12.1. The maximum atomic E-state index is 13.2. The Morgan fingerprint density at radius 3 is 2.38 bits per heavy atom. The van der Waals surface area contributed by atoms with E-state index in [9.17, 15) is 14.0 Å². The molecular weight excluding hydrogens is 409 g/mol. The number of benzene rings is 1. The normalized spacial score (nSPS) is 28.0. The van der Waals surface area contributed by atoms with Gasteiger partial charge in [-0.2, -0.15) is 0 Å². The third-order valence-corrected chi connectivity index (χ3v) is 7.97. The Kier molecular flexibility index (Phi) is 6.07. The van der Waals surface area contributed by atoms with Gasteiger partial charge in [-0.3, -0.25) is 14.5 Å². The number of nitrogens with zero attached hydrogens (tertiary/aromatic N) is 3. The van der Waals surface area contributed by atoms with Crippen LogP contribution in [-0.4, -0.2) is 86.1 Å². The van der Waals surface area contributed by atoms with Gasteiger partial charge >= 0.3 is 0 Å². The molecule has 0 saturated carbocycles. The van der Waals surface area contributed by atoms with Crippen LogP contribution in [0.4, 0.5) is 10.1 Å². The molecule has 0 radical (unpaired) electrons. The van der Waals surface area contributed by atoms with Crippen molar-refractivity contribution in [3.63, 3.8) is 0 Å². The highest BCUT2D eigenvalue weighted by Crippen LogP contribution is 2.41. The van der Waals surface area contributed by atoms with E-state index in [1.54, 1.807) is 0 Å². The molecule has 4 aliphatic rings. The number of hydrogen-bond donors (Lipinski definition) is 2. The van der Waals surface area contributed by atoms with E-state index in [0.717, 1.165) is 77.1 Å². The predicted molar refractivity (Wildman–Crippen MR) is 121 cm³/mol. The van der Waals surface area contributed by atoms with Crippen LogP contribution in [-0.2, 0) is 9.59 Å². The monoisotopic (exact) mass is 443 g/mol. The van der Waals surface area contributed by atoms with Gasteiger partial charge in [0.2, 0.25) is 11.8 Å². The second-order valence-electron chi connectivity index (χ2n) is 9.87. The number of amides is 2. The summed E-state index contributed by atoms with van der Waals surface area (Å²) in [6, 6.07) is 6.96. The zero-order valence-electron chi connectivity index (χ0n) is 18.7. The molecule has 2 atom stereocenters. The molecule has 1 unspecified atom stereocenters. The molecule has 4 fully saturated rings. The number of piperazine rings is 1. The third kappa shape index (κ3) is 4.35. The van der Waals surface area contributed by atoms with E-state index < -0.39 is 0 Å². The molecule has 5 rings (SSSR count). The maximum absolute atomic E-state index is 13.2. The van der Waals surface area contributed by atoms with Crippen LogP contribution < -0.4 is 15.5 Å². The zero-order valence-corrected chi connectivity index (χ0v) is 18.7. The lowest BCUT2D eigenvalue weighted by atomic mass is 9.75.